The van der Waals surface area contributed by atoms with Crippen LogP contribution >= 0.6 is 0 Å². The van der Waals surface area contributed by atoms with Crippen LogP contribution in [0.5, 0.6) is 0 Å². The van der Waals surface area contributed by atoms with Gasteiger partial charge in [0.2, 0.25) is 0 Å². The highest BCUT2D eigenvalue weighted by Crippen LogP contribution is 2.12. The third kappa shape index (κ3) is 71.9. The second-order valence-corrected chi connectivity index (χ2v) is 7.98. The Morgan fingerprint density at radius 1 is 0.286 bits per heavy atom. The molecule has 0 fully saturated rings. The fraction of sp³-hybridized carbons (Fsp3) is 0.706. The molecule has 0 aliphatic carbocycles. The van der Waals surface area contributed by atoms with E-state index in [0.29, 0.717) is 0 Å². The lowest BCUT2D eigenvalue weighted by Crippen LogP contribution is -1.97. The highest BCUT2D eigenvalue weighted by atomic mass is 16.5. The van der Waals surface area contributed by atoms with E-state index in [2.05, 4.69) is 79.6 Å². The van der Waals surface area contributed by atoms with E-state index in [9.17, 15) is 0 Å². The van der Waals surface area contributed by atoms with Crippen molar-refractivity contribution < 1.29 is 4.74 Å². The first kappa shape index (κ1) is 46.9. The van der Waals surface area contributed by atoms with Crippen molar-refractivity contribution in [1.82, 2.24) is 0 Å². The summed E-state index contributed by atoms with van der Waals surface area (Å²) in [6.07, 6.45) is 28.2. The molecule has 0 unspecified atom stereocenters. The van der Waals surface area contributed by atoms with Crippen molar-refractivity contribution in [3.8, 4) is 0 Å². The van der Waals surface area contributed by atoms with Crippen molar-refractivity contribution in [2.24, 2.45) is 0 Å². The van der Waals surface area contributed by atoms with Gasteiger partial charge >= 0.3 is 0 Å². The van der Waals surface area contributed by atoms with Crippen LogP contribution in [0.15, 0.2) is 65.8 Å². The molecule has 1 nitrogen and oxygen atoms in total. The fourth-order valence-electron chi connectivity index (χ4n) is 3.49. The summed E-state index contributed by atoms with van der Waals surface area (Å²) in [6.45, 7) is 36.6. The summed E-state index contributed by atoms with van der Waals surface area (Å²) in [6, 6.07) is 0. The quantitative estimate of drug-likeness (QED) is 0.107. The Morgan fingerprint density at radius 2 is 0.457 bits per heavy atom. The molecule has 212 valence electrons. The SMILES string of the molecule is C=C.C=C.C=C.C=C.C=C.CCCCCCCCCCCCOCCCCCCCCCCCC. The molecule has 0 bridgehead atoms. The molecule has 0 saturated heterocycles. The molecular weight excluding hydrogens is 424 g/mol. The number of hydrogen-bond acceptors (Lipinski definition) is 1. The molecular formula is C34H70O. The van der Waals surface area contributed by atoms with Crippen LogP contribution in [0.25, 0.3) is 0 Å². The Labute approximate surface area is 225 Å². The first-order valence-corrected chi connectivity index (χ1v) is 14.5. The van der Waals surface area contributed by atoms with Gasteiger partial charge in [0.05, 0.1) is 0 Å². The van der Waals surface area contributed by atoms with Crippen LogP contribution in [0.1, 0.15) is 142 Å². The fourth-order valence-corrected chi connectivity index (χ4v) is 3.49. The molecule has 0 saturated carbocycles. The Kier molecular flexibility index (Phi) is 93.6. The summed E-state index contributed by atoms with van der Waals surface area (Å²) >= 11 is 0. The second-order valence-electron chi connectivity index (χ2n) is 7.98. The van der Waals surface area contributed by atoms with Crippen LogP contribution in [-0.4, -0.2) is 13.2 Å². The van der Waals surface area contributed by atoms with Crippen molar-refractivity contribution in [3.63, 3.8) is 0 Å². The van der Waals surface area contributed by atoms with E-state index < -0.39 is 0 Å². The zero-order valence-corrected chi connectivity index (χ0v) is 25.0. The summed E-state index contributed by atoms with van der Waals surface area (Å²) in [5.41, 5.74) is 0. The first-order valence-electron chi connectivity index (χ1n) is 14.5. The van der Waals surface area contributed by atoms with E-state index in [1.165, 1.54) is 128 Å². The second kappa shape index (κ2) is 69.8. The summed E-state index contributed by atoms with van der Waals surface area (Å²) in [7, 11) is 0. The van der Waals surface area contributed by atoms with Crippen LogP contribution in [-0.2, 0) is 4.74 Å². The molecule has 0 spiro atoms. The van der Waals surface area contributed by atoms with Gasteiger partial charge in [0.25, 0.3) is 0 Å². The van der Waals surface area contributed by atoms with Crippen molar-refractivity contribution in [3.05, 3.63) is 65.8 Å². The average molecular weight is 495 g/mol. The van der Waals surface area contributed by atoms with Gasteiger partial charge in [-0.25, -0.2) is 0 Å². The maximum absolute atomic E-state index is 5.78. The molecule has 35 heavy (non-hydrogen) atoms. The van der Waals surface area contributed by atoms with E-state index in [0.717, 1.165) is 13.2 Å². The Balaban J connectivity index is -0.000000185. The van der Waals surface area contributed by atoms with E-state index in [-0.39, 0.29) is 0 Å². The van der Waals surface area contributed by atoms with Crippen LogP contribution in [0.2, 0.25) is 0 Å². The predicted octanol–water partition coefficient (Wildman–Crippen LogP) is 12.9. The normalized spacial score (nSPS) is 8.63. The molecule has 0 amide bonds. The molecule has 0 atom stereocenters. The van der Waals surface area contributed by atoms with Gasteiger partial charge in [-0.15, -0.1) is 65.8 Å². The highest BCUT2D eigenvalue weighted by Gasteiger charge is 1.95. The topological polar surface area (TPSA) is 9.23 Å². The van der Waals surface area contributed by atoms with E-state index in [1.807, 2.05) is 0 Å². The zero-order chi connectivity index (χ0) is 28.3. The average Bonchev–Trinajstić information content (AvgIpc) is 2.95. The number of hydrogen-bond donors (Lipinski definition) is 0. The minimum atomic E-state index is 0.994. The minimum Gasteiger partial charge on any atom is -0.381 e. The summed E-state index contributed by atoms with van der Waals surface area (Å²) in [5, 5.41) is 0. The van der Waals surface area contributed by atoms with E-state index in [1.54, 1.807) is 0 Å². The van der Waals surface area contributed by atoms with E-state index in [4.69, 9.17) is 4.74 Å². The molecule has 0 heterocycles. The third-order valence-corrected chi connectivity index (χ3v) is 5.28. The Bertz CT molecular complexity index is 242. The maximum atomic E-state index is 5.78. The minimum absolute atomic E-state index is 0.994. The lowest BCUT2D eigenvalue weighted by atomic mass is 10.1. The monoisotopic (exact) mass is 495 g/mol. The smallest absolute Gasteiger partial charge is 0.0466 e. The van der Waals surface area contributed by atoms with Gasteiger partial charge in [-0.1, -0.05) is 129 Å². The van der Waals surface area contributed by atoms with Crippen LogP contribution in [0.3, 0.4) is 0 Å². The van der Waals surface area contributed by atoms with Crippen molar-refractivity contribution in [2.45, 2.75) is 142 Å². The summed E-state index contributed by atoms with van der Waals surface area (Å²) < 4.78 is 5.78. The van der Waals surface area contributed by atoms with Gasteiger partial charge in [-0.3, -0.25) is 0 Å². The van der Waals surface area contributed by atoms with Gasteiger partial charge in [0.1, 0.15) is 0 Å². The molecule has 0 N–H and O–H groups in total. The molecule has 0 aromatic carbocycles. The molecule has 1 heteroatoms. The molecule has 0 aromatic rings. The van der Waals surface area contributed by atoms with Crippen molar-refractivity contribution in [1.29, 1.82) is 0 Å². The molecule has 0 rings (SSSR count). The summed E-state index contributed by atoms with van der Waals surface area (Å²) in [5.74, 6) is 0. The van der Waals surface area contributed by atoms with E-state index >= 15 is 0 Å². The third-order valence-electron chi connectivity index (χ3n) is 5.28. The molecule has 0 aromatic heterocycles. The van der Waals surface area contributed by atoms with Gasteiger partial charge in [0, 0.05) is 13.2 Å². The Hall–Kier alpha value is -1.34. The number of rotatable bonds is 22. The number of ether oxygens (including phenoxy) is 1. The lowest BCUT2D eigenvalue weighted by molar-refractivity contribution is 0.125. The standard InChI is InChI=1S/C24H50O.5C2H4/c1-3-5-7-9-11-13-15-17-19-21-23-25-24-22-20-18-16-14-12-10-8-6-4-2;5*1-2/h3-24H2,1-2H3;5*1-2H2. The predicted molar refractivity (Wildman–Crippen MR) is 171 cm³/mol. The van der Waals surface area contributed by atoms with Crippen LogP contribution in [0, 0.1) is 0 Å². The van der Waals surface area contributed by atoms with Gasteiger partial charge in [-0.05, 0) is 12.8 Å². The largest absolute Gasteiger partial charge is 0.381 e. The Morgan fingerprint density at radius 3 is 0.657 bits per heavy atom. The van der Waals surface area contributed by atoms with Crippen molar-refractivity contribution in [2.75, 3.05) is 13.2 Å². The lowest BCUT2D eigenvalue weighted by Gasteiger charge is -2.05. The first-order chi connectivity index (χ1) is 17.4. The maximum Gasteiger partial charge on any atom is 0.0466 e. The molecule has 0 aliphatic heterocycles. The van der Waals surface area contributed by atoms with Gasteiger partial charge in [-0.2, -0.15) is 0 Å². The van der Waals surface area contributed by atoms with Gasteiger partial charge < -0.3 is 4.74 Å². The zero-order valence-electron chi connectivity index (χ0n) is 25.0. The highest BCUT2D eigenvalue weighted by molar-refractivity contribution is 4.49. The molecule has 0 aliphatic rings. The van der Waals surface area contributed by atoms with Crippen LogP contribution in [0.4, 0.5) is 0 Å². The van der Waals surface area contributed by atoms with Crippen LogP contribution < -0.4 is 0 Å². The van der Waals surface area contributed by atoms with Gasteiger partial charge in [0.15, 0.2) is 0 Å². The molecule has 0 radical (unpaired) electrons. The number of unbranched alkanes of at least 4 members (excludes halogenated alkanes) is 18. The summed E-state index contributed by atoms with van der Waals surface area (Å²) in [4.78, 5) is 0. The van der Waals surface area contributed by atoms with Crippen molar-refractivity contribution >= 4 is 0 Å².